The SMILES string of the molecule is CCc1ccc(Oc2ccc3c(c2)C(=O)C(c2cccc(N=[N+]=[N-])c2)C3=O)cc1. The van der Waals surface area contributed by atoms with Crippen molar-refractivity contribution in [3.05, 3.63) is 99.4 Å². The van der Waals surface area contributed by atoms with Crippen molar-refractivity contribution in [3.63, 3.8) is 0 Å². The Balaban J connectivity index is 1.63. The van der Waals surface area contributed by atoms with Gasteiger partial charge in [-0.15, -0.1) is 0 Å². The lowest BCUT2D eigenvalue weighted by molar-refractivity contribution is 0.0890. The summed E-state index contributed by atoms with van der Waals surface area (Å²) in [7, 11) is 0. The Bertz CT molecular complexity index is 1160. The second-order valence-electron chi connectivity index (χ2n) is 6.75. The van der Waals surface area contributed by atoms with Crippen molar-refractivity contribution in [2.24, 2.45) is 5.11 Å². The van der Waals surface area contributed by atoms with Crippen LogP contribution in [0.2, 0.25) is 0 Å². The topological polar surface area (TPSA) is 92.1 Å². The van der Waals surface area contributed by atoms with E-state index in [1.165, 1.54) is 5.56 Å². The quantitative estimate of drug-likeness (QED) is 0.229. The van der Waals surface area contributed by atoms with Gasteiger partial charge in [-0.1, -0.05) is 42.4 Å². The molecular formula is C23H17N3O3. The maximum atomic E-state index is 13.0. The lowest BCUT2D eigenvalue weighted by atomic mass is 9.94. The van der Waals surface area contributed by atoms with Crippen molar-refractivity contribution >= 4 is 17.3 Å². The first-order chi connectivity index (χ1) is 14.1. The van der Waals surface area contributed by atoms with Crippen molar-refractivity contribution in [2.75, 3.05) is 0 Å². The van der Waals surface area contributed by atoms with E-state index in [0.29, 0.717) is 33.9 Å². The molecule has 29 heavy (non-hydrogen) atoms. The molecule has 0 saturated carbocycles. The molecule has 1 aliphatic rings. The number of fused-ring (bicyclic) bond motifs is 1. The summed E-state index contributed by atoms with van der Waals surface area (Å²) in [6, 6.07) is 19.2. The van der Waals surface area contributed by atoms with Gasteiger partial charge < -0.3 is 4.74 Å². The fraction of sp³-hybridized carbons (Fsp3) is 0.130. The highest BCUT2D eigenvalue weighted by atomic mass is 16.5. The number of nitrogens with zero attached hydrogens (tertiary/aromatic N) is 3. The summed E-state index contributed by atoms with van der Waals surface area (Å²) < 4.78 is 5.86. The third kappa shape index (κ3) is 3.49. The van der Waals surface area contributed by atoms with E-state index >= 15 is 0 Å². The maximum absolute atomic E-state index is 13.0. The van der Waals surface area contributed by atoms with Gasteiger partial charge in [-0.25, -0.2) is 0 Å². The Labute approximate surface area is 167 Å². The summed E-state index contributed by atoms with van der Waals surface area (Å²) in [6.07, 6.45) is 0.942. The van der Waals surface area contributed by atoms with Gasteiger partial charge in [-0.3, -0.25) is 9.59 Å². The van der Waals surface area contributed by atoms with E-state index in [4.69, 9.17) is 10.3 Å². The van der Waals surface area contributed by atoms with Gasteiger partial charge in [0.25, 0.3) is 0 Å². The predicted molar refractivity (Wildman–Crippen MR) is 109 cm³/mol. The van der Waals surface area contributed by atoms with E-state index in [9.17, 15) is 9.59 Å². The summed E-state index contributed by atoms with van der Waals surface area (Å²) in [4.78, 5) is 28.6. The Morgan fingerprint density at radius 1 is 0.931 bits per heavy atom. The number of hydrogen-bond acceptors (Lipinski definition) is 4. The molecule has 6 nitrogen and oxygen atoms in total. The molecule has 0 amide bonds. The smallest absolute Gasteiger partial charge is 0.178 e. The van der Waals surface area contributed by atoms with E-state index in [1.54, 1.807) is 42.5 Å². The van der Waals surface area contributed by atoms with Crippen LogP contribution in [0.25, 0.3) is 10.4 Å². The second-order valence-corrected chi connectivity index (χ2v) is 6.75. The first-order valence-electron chi connectivity index (χ1n) is 9.25. The fourth-order valence-corrected chi connectivity index (χ4v) is 3.49. The zero-order valence-corrected chi connectivity index (χ0v) is 15.7. The Morgan fingerprint density at radius 3 is 2.38 bits per heavy atom. The average molecular weight is 383 g/mol. The van der Waals surface area contributed by atoms with Crippen LogP contribution in [0.15, 0.2) is 71.8 Å². The lowest BCUT2D eigenvalue weighted by Gasteiger charge is -2.08. The summed E-state index contributed by atoms with van der Waals surface area (Å²) in [5.41, 5.74) is 11.4. The number of rotatable bonds is 5. The first kappa shape index (κ1) is 18.5. The Kier molecular flexibility index (Phi) is 4.85. The number of benzene rings is 3. The molecule has 0 fully saturated rings. The molecule has 0 spiro atoms. The van der Waals surface area contributed by atoms with Crippen LogP contribution in [-0.4, -0.2) is 11.6 Å². The highest BCUT2D eigenvalue weighted by Gasteiger charge is 2.39. The minimum absolute atomic E-state index is 0.262. The van der Waals surface area contributed by atoms with Gasteiger partial charge in [0.05, 0.1) is 0 Å². The minimum Gasteiger partial charge on any atom is -0.457 e. The fourth-order valence-electron chi connectivity index (χ4n) is 3.49. The van der Waals surface area contributed by atoms with Crippen LogP contribution in [0.5, 0.6) is 11.5 Å². The van der Waals surface area contributed by atoms with E-state index in [2.05, 4.69) is 16.9 Å². The average Bonchev–Trinajstić information content (AvgIpc) is 2.99. The van der Waals surface area contributed by atoms with Crippen molar-refractivity contribution in [3.8, 4) is 11.5 Å². The maximum Gasteiger partial charge on any atom is 0.178 e. The Hall–Kier alpha value is -3.89. The molecular weight excluding hydrogens is 366 g/mol. The molecule has 0 heterocycles. The molecule has 0 bridgehead atoms. The van der Waals surface area contributed by atoms with Gasteiger partial charge in [-0.05, 0) is 59.5 Å². The third-order valence-corrected chi connectivity index (χ3v) is 4.98. The van der Waals surface area contributed by atoms with Crippen LogP contribution in [0.1, 0.15) is 44.7 Å². The largest absolute Gasteiger partial charge is 0.457 e. The zero-order chi connectivity index (χ0) is 20.4. The highest BCUT2D eigenvalue weighted by Crippen LogP contribution is 2.37. The molecule has 4 rings (SSSR count). The van der Waals surface area contributed by atoms with Gasteiger partial charge in [-0.2, -0.15) is 0 Å². The number of carbonyl (C=O) groups excluding carboxylic acids is 2. The standard InChI is InChI=1S/C23H17N3O3/c1-2-14-6-8-17(9-7-14)29-18-10-11-19-20(13-18)23(28)21(22(19)27)15-4-3-5-16(12-15)25-26-24/h3-13,21H,2H2,1H3. The molecule has 0 aromatic heterocycles. The summed E-state index contributed by atoms with van der Waals surface area (Å²) in [5.74, 6) is -0.315. The monoisotopic (exact) mass is 383 g/mol. The number of Topliss-reactive ketones (excluding diaryl/α,β-unsaturated/α-hetero) is 2. The Morgan fingerprint density at radius 2 is 1.66 bits per heavy atom. The molecule has 0 N–H and O–H groups in total. The number of aryl methyl sites for hydroxylation is 1. The van der Waals surface area contributed by atoms with Gasteiger partial charge in [0.1, 0.15) is 17.4 Å². The normalized spacial score (nSPS) is 15.0. The van der Waals surface area contributed by atoms with Crippen LogP contribution < -0.4 is 4.74 Å². The van der Waals surface area contributed by atoms with Gasteiger partial charge in [0.15, 0.2) is 11.6 Å². The molecule has 1 unspecified atom stereocenters. The summed E-state index contributed by atoms with van der Waals surface area (Å²) in [5, 5.41) is 3.55. The van der Waals surface area contributed by atoms with Crippen molar-refractivity contribution in [1.82, 2.24) is 0 Å². The molecule has 3 aromatic rings. The number of ether oxygens (including phenoxy) is 1. The third-order valence-electron chi connectivity index (χ3n) is 4.98. The second kappa shape index (κ2) is 7.62. The highest BCUT2D eigenvalue weighted by molar-refractivity contribution is 6.29. The molecule has 0 radical (unpaired) electrons. The number of hydrogen-bond donors (Lipinski definition) is 0. The first-order valence-corrected chi connectivity index (χ1v) is 9.25. The van der Waals surface area contributed by atoms with Crippen molar-refractivity contribution in [2.45, 2.75) is 19.3 Å². The van der Waals surface area contributed by atoms with E-state index in [1.807, 2.05) is 24.3 Å². The number of azide groups is 1. The zero-order valence-electron chi connectivity index (χ0n) is 15.7. The van der Waals surface area contributed by atoms with Gasteiger partial charge in [0.2, 0.25) is 0 Å². The van der Waals surface area contributed by atoms with Crippen LogP contribution in [0.3, 0.4) is 0 Å². The molecule has 3 aromatic carbocycles. The van der Waals surface area contributed by atoms with Crippen LogP contribution in [0.4, 0.5) is 5.69 Å². The summed E-state index contributed by atoms with van der Waals surface area (Å²) in [6.45, 7) is 2.08. The molecule has 6 heteroatoms. The van der Waals surface area contributed by atoms with E-state index < -0.39 is 5.92 Å². The van der Waals surface area contributed by atoms with Gasteiger partial charge >= 0.3 is 0 Å². The van der Waals surface area contributed by atoms with Crippen LogP contribution >= 0.6 is 0 Å². The van der Waals surface area contributed by atoms with Crippen molar-refractivity contribution < 1.29 is 14.3 Å². The lowest BCUT2D eigenvalue weighted by Crippen LogP contribution is -2.12. The minimum atomic E-state index is -0.932. The molecule has 1 aliphatic carbocycles. The van der Waals surface area contributed by atoms with Crippen LogP contribution in [-0.2, 0) is 6.42 Å². The van der Waals surface area contributed by atoms with Crippen molar-refractivity contribution in [1.29, 1.82) is 0 Å². The molecule has 1 atom stereocenters. The summed E-state index contributed by atoms with van der Waals surface area (Å²) >= 11 is 0. The van der Waals surface area contributed by atoms with E-state index in [0.717, 1.165) is 6.42 Å². The molecule has 0 aliphatic heterocycles. The van der Waals surface area contributed by atoms with Gasteiger partial charge in [0, 0.05) is 21.7 Å². The predicted octanol–water partition coefficient (Wildman–Crippen LogP) is 6.15. The molecule has 142 valence electrons. The molecule has 0 saturated heterocycles. The van der Waals surface area contributed by atoms with E-state index in [-0.39, 0.29) is 11.6 Å². The van der Waals surface area contributed by atoms with Crippen LogP contribution in [0, 0.1) is 0 Å². The number of ketones is 2. The number of carbonyl (C=O) groups is 2.